The summed E-state index contributed by atoms with van der Waals surface area (Å²) in [5, 5.41) is 0. The van der Waals surface area contributed by atoms with Gasteiger partial charge in [-0.05, 0) is 80.2 Å². The SMILES string of the molecule is C=CCN(c1ccccn1)C1CCN(CCC2(c3ccccc3)CCC(N(C)C(=O)OCc3ccccc3)CC2)CC1. The van der Waals surface area contributed by atoms with Crippen LogP contribution in [0.1, 0.15) is 56.1 Å². The fourth-order valence-corrected chi connectivity index (χ4v) is 6.91. The number of carbonyl (C=O) groups is 1. The summed E-state index contributed by atoms with van der Waals surface area (Å²) in [5.41, 5.74) is 2.60. The number of carbonyl (C=O) groups excluding carboxylic acids is 1. The first-order valence-electron chi connectivity index (χ1n) is 15.6. The number of likely N-dealkylation sites (tertiary alicyclic amines) is 1. The molecule has 1 aliphatic carbocycles. The zero-order valence-electron chi connectivity index (χ0n) is 25.1. The molecule has 6 heteroatoms. The van der Waals surface area contributed by atoms with Crippen LogP contribution in [-0.4, -0.2) is 66.2 Å². The lowest BCUT2D eigenvalue weighted by molar-refractivity contribution is 0.0731. The Hall–Kier alpha value is -3.64. The fraction of sp³-hybridized carbons (Fsp3) is 0.444. The van der Waals surface area contributed by atoms with E-state index in [0.29, 0.717) is 12.6 Å². The first-order chi connectivity index (χ1) is 20.6. The topological polar surface area (TPSA) is 48.9 Å². The lowest BCUT2D eigenvalue weighted by atomic mass is 9.66. The van der Waals surface area contributed by atoms with Crippen LogP contribution in [0.2, 0.25) is 0 Å². The highest BCUT2D eigenvalue weighted by Crippen LogP contribution is 2.43. The maximum atomic E-state index is 12.9. The van der Waals surface area contributed by atoms with Crippen molar-refractivity contribution in [3.63, 3.8) is 0 Å². The molecule has 2 aliphatic rings. The molecule has 1 saturated heterocycles. The number of piperidine rings is 1. The summed E-state index contributed by atoms with van der Waals surface area (Å²) in [6.07, 6.45) is 11.2. The van der Waals surface area contributed by atoms with Crippen molar-refractivity contribution in [3.05, 3.63) is 109 Å². The third-order valence-corrected chi connectivity index (χ3v) is 9.51. The molecular weight excluding hydrogens is 520 g/mol. The van der Waals surface area contributed by atoms with E-state index >= 15 is 0 Å². The number of hydrogen-bond donors (Lipinski definition) is 0. The molecule has 42 heavy (non-hydrogen) atoms. The third kappa shape index (κ3) is 7.40. The minimum absolute atomic E-state index is 0.145. The summed E-state index contributed by atoms with van der Waals surface area (Å²) in [5.74, 6) is 1.05. The molecule has 2 aromatic carbocycles. The predicted octanol–water partition coefficient (Wildman–Crippen LogP) is 7.08. The van der Waals surface area contributed by atoms with Crippen molar-refractivity contribution in [2.45, 2.75) is 69.1 Å². The molecule has 2 fully saturated rings. The summed E-state index contributed by atoms with van der Waals surface area (Å²) < 4.78 is 5.64. The summed E-state index contributed by atoms with van der Waals surface area (Å²) in [7, 11) is 1.90. The van der Waals surface area contributed by atoms with Crippen molar-refractivity contribution in [2.24, 2.45) is 0 Å². The zero-order chi connectivity index (χ0) is 29.2. The molecule has 2 heterocycles. The van der Waals surface area contributed by atoms with Gasteiger partial charge in [-0.1, -0.05) is 72.8 Å². The quantitative estimate of drug-likeness (QED) is 0.232. The number of aromatic nitrogens is 1. The molecule has 0 radical (unpaired) electrons. The third-order valence-electron chi connectivity index (χ3n) is 9.51. The Balaban J connectivity index is 1.16. The highest BCUT2D eigenvalue weighted by Gasteiger charge is 2.39. The predicted molar refractivity (Wildman–Crippen MR) is 171 cm³/mol. The molecule has 222 valence electrons. The van der Waals surface area contributed by atoms with Crippen LogP contribution in [0.3, 0.4) is 0 Å². The van der Waals surface area contributed by atoms with Crippen molar-refractivity contribution in [3.8, 4) is 0 Å². The first kappa shape index (κ1) is 29.8. The minimum atomic E-state index is -0.227. The number of ether oxygens (including phenoxy) is 1. The normalized spacial score (nSPS) is 21.4. The second-order valence-electron chi connectivity index (χ2n) is 12.0. The van der Waals surface area contributed by atoms with Gasteiger partial charge in [0.2, 0.25) is 0 Å². The number of benzene rings is 2. The van der Waals surface area contributed by atoms with Crippen LogP contribution in [0.4, 0.5) is 10.6 Å². The average molecular weight is 567 g/mol. The largest absolute Gasteiger partial charge is 0.445 e. The van der Waals surface area contributed by atoms with E-state index in [9.17, 15) is 4.79 Å². The molecule has 0 N–H and O–H groups in total. The van der Waals surface area contributed by atoms with E-state index in [1.807, 2.05) is 60.6 Å². The Morgan fingerprint density at radius 1 is 0.952 bits per heavy atom. The van der Waals surface area contributed by atoms with Crippen LogP contribution >= 0.6 is 0 Å². The van der Waals surface area contributed by atoms with Gasteiger partial charge in [0, 0.05) is 45.0 Å². The Bertz CT molecular complexity index is 1240. The fourth-order valence-electron chi connectivity index (χ4n) is 6.91. The molecule has 5 rings (SSSR count). The maximum Gasteiger partial charge on any atom is 0.410 e. The highest BCUT2D eigenvalue weighted by molar-refractivity contribution is 5.67. The zero-order valence-corrected chi connectivity index (χ0v) is 25.1. The van der Waals surface area contributed by atoms with Gasteiger partial charge in [0.25, 0.3) is 0 Å². The molecular formula is C36H46N4O2. The number of hydrogen-bond acceptors (Lipinski definition) is 5. The monoisotopic (exact) mass is 566 g/mol. The molecule has 0 bridgehead atoms. The summed E-state index contributed by atoms with van der Waals surface area (Å²) in [4.78, 5) is 24.4. The van der Waals surface area contributed by atoms with Gasteiger partial charge in [0.1, 0.15) is 12.4 Å². The van der Waals surface area contributed by atoms with Crippen LogP contribution in [0, 0.1) is 0 Å². The summed E-state index contributed by atoms with van der Waals surface area (Å²) in [6, 6.07) is 27.8. The molecule has 0 spiro atoms. The highest BCUT2D eigenvalue weighted by atomic mass is 16.6. The van der Waals surface area contributed by atoms with E-state index in [2.05, 4.69) is 63.8 Å². The van der Waals surface area contributed by atoms with Crippen molar-refractivity contribution in [1.82, 2.24) is 14.8 Å². The summed E-state index contributed by atoms with van der Waals surface area (Å²) in [6.45, 7) is 8.45. The van der Waals surface area contributed by atoms with Crippen molar-refractivity contribution in [2.75, 3.05) is 38.1 Å². The minimum Gasteiger partial charge on any atom is -0.445 e. The van der Waals surface area contributed by atoms with Gasteiger partial charge in [-0.2, -0.15) is 0 Å². The molecule has 1 aliphatic heterocycles. The second-order valence-corrected chi connectivity index (χ2v) is 12.0. The molecule has 0 unspecified atom stereocenters. The van der Waals surface area contributed by atoms with Crippen molar-refractivity contribution >= 4 is 11.9 Å². The number of rotatable bonds is 11. The number of nitrogens with zero attached hydrogens (tertiary/aromatic N) is 4. The van der Waals surface area contributed by atoms with Crippen LogP contribution < -0.4 is 4.90 Å². The maximum absolute atomic E-state index is 12.9. The van der Waals surface area contributed by atoms with Gasteiger partial charge < -0.3 is 19.4 Å². The molecule has 0 atom stereocenters. The Morgan fingerprint density at radius 2 is 1.62 bits per heavy atom. The van der Waals surface area contributed by atoms with E-state index < -0.39 is 0 Å². The van der Waals surface area contributed by atoms with Crippen molar-refractivity contribution < 1.29 is 9.53 Å². The van der Waals surface area contributed by atoms with E-state index in [-0.39, 0.29) is 17.6 Å². The van der Waals surface area contributed by atoms with Gasteiger partial charge >= 0.3 is 6.09 Å². The number of anilines is 1. The summed E-state index contributed by atoms with van der Waals surface area (Å²) >= 11 is 0. The van der Waals surface area contributed by atoms with E-state index in [4.69, 9.17) is 4.74 Å². The standard InChI is InChI=1S/C36H46N4O2/c1-3-25-40(34-16-10-11-24-37-34)33-19-26-39(27-20-33)28-23-36(31-14-8-5-9-15-31)21-17-32(18-22-36)38(2)35(41)42-29-30-12-6-4-7-13-30/h3-16,24,32-33H,1,17-23,25-29H2,2H3. The van der Waals surface area contributed by atoms with E-state index in [1.54, 1.807) is 0 Å². The lowest BCUT2D eigenvalue weighted by Crippen LogP contribution is -2.47. The van der Waals surface area contributed by atoms with Crippen LogP contribution in [-0.2, 0) is 16.8 Å². The van der Waals surface area contributed by atoms with Crippen LogP contribution in [0.5, 0.6) is 0 Å². The van der Waals surface area contributed by atoms with E-state index in [1.165, 1.54) is 5.56 Å². The molecule has 3 aromatic rings. The molecule has 1 saturated carbocycles. The average Bonchev–Trinajstić information content (AvgIpc) is 3.06. The van der Waals surface area contributed by atoms with Crippen LogP contribution in [0.25, 0.3) is 0 Å². The molecule has 1 amide bonds. The second kappa shape index (κ2) is 14.5. The van der Waals surface area contributed by atoms with Gasteiger partial charge in [0.15, 0.2) is 0 Å². The van der Waals surface area contributed by atoms with Gasteiger partial charge in [-0.25, -0.2) is 9.78 Å². The van der Waals surface area contributed by atoms with Crippen molar-refractivity contribution in [1.29, 1.82) is 0 Å². The first-order valence-corrected chi connectivity index (χ1v) is 15.6. The Kier molecular flexibility index (Phi) is 10.3. The molecule has 1 aromatic heterocycles. The van der Waals surface area contributed by atoms with Gasteiger partial charge in [-0.15, -0.1) is 6.58 Å². The smallest absolute Gasteiger partial charge is 0.410 e. The lowest BCUT2D eigenvalue weighted by Gasteiger charge is -2.45. The number of amides is 1. The number of pyridine rings is 1. The van der Waals surface area contributed by atoms with Gasteiger partial charge in [0.05, 0.1) is 0 Å². The Labute approximate surface area is 252 Å². The van der Waals surface area contributed by atoms with E-state index in [0.717, 1.165) is 82.5 Å². The Morgan fingerprint density at radius 3 is 2.26 bits per heavy atom. The van der Waals surface area contributed by atoms with Crippen LogP contribution in [0.15, 0.2) is 97.7 Å². The molecule has 6 nitrogen and oxygen atoms in total. The van der Waals surface area contributed by atoms with Gasteiger partial charge in [-0.3, -0.25) is 0 Å².